The number of hydrogen-bond acceptors (Lipinski definition) is 9. The fraction of sp³-hybridized carbons (Fsp3) is 0.371. The van der Waals surface area contributed by atoms with E-state index in [2.05, 4.69) is 61.4 Å². The van der Waals surface area contributed by atoms with Crippen LogP contribution in [-0.2, 0) is 21.8 Å². The first-order chi connectivity index (χ1) is 23.8. The lowest BCUT2D eigenvalue weighted by Gasteiger charge is -2.37. The molecule has 2 fully saturated rings. The van der Waals surface area contributed by atoms with E-state index in [4.69, 9.17) is 9.47 Å². The number of ether oxygens (including phenoxy) is 2. The minimum absolute atomic E-state index is 0.0577. The van der Waals surface area contributed by atoms with Gasteiger partial charge in [-0.2, -0.15) is 10.2 Å². The van der Waals surface area contributed by atoms with Crippen LogP contribution in [0.3, 0.4) is 0 Å². The van der Waals surface area contributed by atoms with Crippen molar-refractivity contribution in [1.82, 2.24) is 29.1 Å². The Morgan fingerprint density at radius 1 is 0.918 bits per heavy atom. The Morgan fingerprint density at radius 2 is 1.59 bits per heavy atom. The third kappa shape index (κ3) is 6.98. The number of benzene rings is 3. The number of piperazine rings is 1. The number of thioether (sulfide) groups is 1. The zero-order valence-corrected chi connectivity index (χ0v) is 28.2. The molecule has 2 saturated heterocycles. The normalized spacial score (nSPS) is 20.2. The molecule has 3 unspecified atom stereocenters. The van der Waals surface area contributed by atoms with Gasteiger partial charge in [0, 0.05) is 59.8 Å². The maximum absolute atomic E-state index is 14.9. The molecule has 0 spiro atoms. The number of rotatable bonds is 11. The second-order valence-electron chi connectivity index (χ2n) is 12.3. The van der Waals surface area contributed by atoms with Crippen molar-refractivity contribution < 1.29 is 18.3 Å². The van der Waals surface area contributed by atoms with Gasteiger partial charge in [0.1, 0.15) is 37.2 Å². The molecule has 0 amide bonds. The summed E-state index contributed by atoms with van der Waals surface area (Å²) in [6.45, 7) is 7.90. The Balaban J connectivity index is 0.925. The second kappa shape index (κ2) is 14.1. The van der Waals surface area contributed by atoms with Crippen molar-refractivity contribution in [2.45, 2.75) is 49.6 Å². The molecular formula is C35H38F2N8O3S. The molecule has 11 nitrogen and oxygen atoms in total. The lowest BCUT2D eigenvalue weighted by atomic mass is 10.0. The van der Waals surface area contributed by atoms with Crippen LogP contribution < -0.4 is 15.5 Å². The highest BCUT2D eigenvalue weighted by atomic mass is 32.2. The van der Waals surface area contributed by atoms with Crippen LogP contribution in [0.4, 0.5) is 20.2 Å². The van der Waals surface area contributed by atoms with Gasteiger partial charge < -0.3 is 19.3 Å². The van der Waals surface area contributed by atoms with Gasteiger partial charge in [-0.3, -0.25) is 0 Å². The number of halogens is 2. The molecule has 3 aromatic carbocycles. The van der Waals surface area contributed by atoms with E-state index in [-0.39, 0.29) is 36.6 Å². The summed E-state index contributed by atoms with van der Waals surface area (Å²) in [7, 11) is 0. The highest BCUT2D eigenvalue weighted by Crippen LogP contribution is 2.39. The fourth-order valence-electron chi connectivity index (χ4n) is 6.24. The third-order valence-electron chi connectivity index (χ3n) is 9.15. The van der Waals surface area contributed by atoms with Crippen LogP contribution in [-0.4, -0.2) is 73.8 Å². The van der Waals surface area contributed by atoms with Crippen molar-refractivity contribution in [3.05, 3.63) is 113 Å². The molecular weight excluding hydrogens is 651 g/mol. The Labute approximate surface area is 287 Å². The maximum atomic E-state index is 14.9. The summed E-state index contributed by atoms with van der Waals surface area (Å²) in [6.07, 6.45) is 5.01. The predicted octanol–water partition coefficient (Wildman–Crippen LogP) is 5.26. The molecule has 3 atom stereocenters. The van der Waals surface area contributed by atoms with Gasteiger partial charge in [-0.05, 0) is 74.0 Å². The monoisotopic (exact) mass is 688 g/mol. The molecule has 256 valence electrons. The number of anilines is 2. The van der Waals surface area contributed by atoms with Crippen LogP contribution in [0.5, 0.6) is 0 Å². The van der Waals surface area contributed by atoms with Crippen LogP contribution in [0.2, 0.25) is 0 Å². The molecule has 0 radical (unpaired) electrons. The first-order valence-electron chi connectivity index (χ1n) is 16.4. The minimum Gasteiger partial charge on any atom is -0.368 e. The van der Waals surface area contributed by atoms with Gasteiger partial charge in [0.25, 0.3) is 0 Å². The van der Waals surface area contributed by atoms with Crippen LogP contribution in [0.1, 0.15) is 31.9 Å². The molecule has 2 aliphatic rings. The van der Waals surface area contributed by atoms with Gasteiger partial charge >= 0.3 is 5.69 Å². The Bertz CT molecular complexity index is 1910. The van der Waals surface area contributed by atoms with Crippen molar-refractivity contribution in [3.63, 3.8) is 0 Å². The maximum Gasteiger partial charge on any atom is 0.350 e. The van der Waals surface area contributed by atoms with Crippen LogP contribution >= 0.6 is 11.8 Å². The van der Waals surface area contributed by atoms with Gasteiger partial charge in [-0.25, -0.2) is 32.5 Å². The van der Waals surface area contributed by atoms with E-state index < -0.39 is 17.4 Å². The summed E-state index contributed by atoms with van der Waals surface area (Å²) < 4.78 is 45.7. The number of hydrogen-bond donors (Lipinski definition) is 0. The first kappa shape index (κ1) is 33.0. The average molecular weight is 689 g/mol. The molecule has 0 N–H and O–H groups in total. The zero-order valence-electron chi connectivity index (χ0n) is 27.4. The van der Waals surface area contributed by atoms with Gasteiger partial charge in [-0.15, -0.1) is 11.8 Å². The Hall–Kier alpha value is -4.53. The highest BCUT2D eigenvalue weighted by Gasteiger charge is 2.46. The van der Waals surface area contributed by atoms with Gasteiger partial charge in [0.05, 0.1) is 24.4 Å². The summed E-state index contributed by atoms with van der Waals surface area (Å²) in [5.41, 5.74) is 3.10. The Kier molecular flexibility index (Phi) is 9.52. The van der Waals surface area contributed by atoms with E-state index in [1.807, 2.05) is 26.0 Å². The molecule has 2 aromatic heterocycles. The molecule has 4 heterocycles. The molecule has 49 heavy (non-hydrogen) atoms. The SMILES string of the molecule is CCC(C)n1ncn(-c2ccc(N3CCN(c4ccc(SCC5COC(Cn6cncn6)(c6ccc(F)cc6F)O5)cc4)CC3)cc2)c1=O. The van der Waals surface area contributed by atoms with Crippen LogP contribution in [0, 0.1) is 11.6 Å². The lowest BCUT2D eigenvalue weighted by Crippen LogP contribution is -2.46. The molecule has 0 bridgehead atoms. The lowest BCUT2D eigenvalue weighted by molar-refractivity contribution is -0.188. The number of nitrogens with zero attached hydrogens (tertiary/aromatic N) is 8. The van der Waals surface area contributed by atoms with E-state index in [0.717, 1.165) is 60.6 Å². The van der Waals surface area contributed by atoms with E-state index in [1.165, 1.54) is 34.2 Å². The number of aromatic nitrogens is 6. The fourth-order valence-corrected chi connectivity index (χ4v) is 7.11. The summed E-state index contributed by atoms with van der Waals surface area (Å²) in [4.78, 5) is 22.6. The highest BCUT2D eigenvalue weighted by molar-refractivity contribution is 7.99. The molecule has 0 saturated carbocycles. The molecule has 7 rings (SSSR count). The van der Waals surface area contributed by atoms with Gasteiger partial charge in [0.15, 0.2) is 0 Å². The minimum atomic E-state index is -1.44. The summed E-state index contributed by atoms with van der Waals surface area (Å²) in [5, 5.41) is 8.42. The van der Waals surface area contributed by atoms with Gasteiger partial charge in [-0.1, -0.05) is 6.92 Å². The van der Waals surface area contributed by atoms with Crippen LogP contribution in [0.25, 0.3) is 5.69 Å². The molecule has 2 aliphatic heterocycles. The molecule has 14 heteroatoms. The van der Waals surface area contributed by atoms with E-state index in [9.17, 15) is 13.6 Å². The zero-order chi connectivity index (χ0) is 34.0. The molecule has 5 aromatic rings. The largest absolute Gasteiger partial charge is 0.368 e. The van der Waals surface area contributed by atoms with E-state index in [1.54, 1.807) is 22.7 Å². The van der Waals surface area contributed by atoms with Crippen molar-refractivity contribution >= 4 is 23.1 Å². The summed E-state index contributed by atoms with van der Waals surface area (Å²) in [6, 6.07) is 20.0. The standard InChI is InChI=1S/C35H38F2N8O3S/c1-3-25(2)45-34(46)44(24-40-45)29-7-5-27(6-8-29)41-14-16-42(17-15-41)28-9-11-31(12-10-28)49-20-30-19-47-35(48-30,21-43-23-38-22-39-43)32-13-4-26(36)18-33(32)37/h4-13,18,22-25,30H,3,14-17,19-21H2,1-2H3. The second-order valence-corrected chi connectivity index (χ2v) is 13.4. The van der Waals surface area contributed by atoms with Crippen molar-refractivity contribution in [2.24, 2.45) is 0 Å². The summed E-state index contributed by atoms with van der Waals surface area (Å²) >= 11 is 1.64. The smallest absolute Gasteiger partial charge is 0.350 e. The van der Waals surface area contributed by atoms with Gasteiger partial charge in [0.2, 0.25) is 5.79 Å². The van der Waals surface area contributed by atoms with Crippen molar-refractivity contribution in [1.29, 1.82) is 0 Å². The topological polar surface area (TPSA) is 95.5 Å². The quantitative estimate of drug-likeness (QED) is 0.172. The van der Waals surface area contributed by atoms with E-state index >= 15 is 0 Å². The summed E-state index contributed by atoms with van der Waals surface area (Å²) in [5.74, 6) is -2.25. The third-order valence-corrected chi connectivity index (χ3v) is 10.3. The van der Waals surface area contributed by atoms with Crippen LogP contribution in [0.15, 0.2) is 95.4 Å². The average Bonchev–Trinajstić information content (AvgIpc) is 3.88. The first-order valence-corrected chi connectivity index (χ1v) is 17.4. The Morgan fingerprint density at radius 3 is 2.22 bits per heavy atom. The van der Waals surface area contributed by atoms with Crippen molar-refractivity contribution in [2.75, 3.05) is 48.3 Å². The molecule has 0 aliphatic carbocycles. The van der Waals surface area contributed by atoms with E-state index in [0.29, 0.717) is 5.75 Å². The predicted molar refractivity (Wildman–Crippen MR) is 183 cm³/mol. The van der Waals surface area contributed by atoms with Crippen molar-refractivity contribution in [3.8, 4) is 5.69 Å².